The molecule has 0 aromatic heterocycles. The van der Waals surface area contributed by atoms with Crippen molar-refractivity contribution in [2.75, 3.05) is 38.6 Å². The summed E-state index contributed by atoms with van der Waals surface area (Å²) in [6.45, 7) is 2.25. The van der Waals surface area contributed by atoms with Gasteiger partial charge in [0.2, 0.25) is 10.0 Å². The van der Waals surface area contributed by atoms with Gasteiger partial charge in [-0.3, -0.25) is 9.59 Å². The maximum Gasteiger partial charge on any atom is 0.265 e. The molecule has 0 bridgehead atoms. The third kappa shape index (κ3) is 4.01. The molecule has 2 aromatic rings. The summed E-state index contributed by atoms with van der Waals surface area (Å²) in [7, 11) is -2.44. The Labute approximate surface area is 190 Å². The number of benzene rings is 2. The van der Waals surface area contributed by atoms with Crippen LogP contribution >= 0.6 is 11.6 Å². The van der Waals surface area contributed by atoms with Gasteiger partial charge in [-0.2, -0.15) is 4.31 Å². The zero-order chi connectivity index (χ0) is 23.0. The number of ether oxygens (including phenoxy) is 2. The van der Waals surface area contributed by atoms with Crippen molar-refractivity contribution in [3.8, 4) is 11.5 Å². The molecular weight excluding hydrogens is 458 g/mol. The molecule has 0 aliphatic carbocycles. The van der Waals surface area contributed by atoms with Gasteiger partial charge < -0.3 is 19.7 Å². The van der Waals surface area contributed by atoms with Crippen molar-refractivity contribution in [3.63, 3.8) is 0 Å². The fraction of sp³-hybridized carbons (Fsp3) is 0.333. The molecule has 1 atom stereocenters. The Morgan fingerprint density at radius 2 is 1.88 bits per heavy atom. The van der Waals surface area contributed by atoms with Crippen LogP contribution in [0.2, 0.25) is 5.02 Å². The number of hydrogen-bond acceptors (Lipinski definition) is 6. The number of nitrogens with one attached hydrogen (secondary N) is 1. The number of amides is 2. The number of piperazine rings is 1. The van der Waals surface area contributed by atoms with Gasteiger partial charge in [0.05, 0.1) is 23.4 Å². The molecule has 32 heavy (non-hydrogen) atoms. The van der Waals surface area contributed by atoms with Crippen LogP contribution < -0.4 is 14.8 Å². The lowest BCUT2D eigenvalue weighted by atomic mass is 10.1. The number of rotatable bonds is 4. The van der Waals surface area contributed by atoms with Crippen LogP contribution in [0.4, 0.5) is 5.69 Å². The third-order valence-electron chi connectivity index (χ3n) is 5.45. The first kappa shape index (κ1) is 22.4. The summed E-state index contributed by atoms with van der Waals surface area (Å²) >= 11 is 6.25. The highest BCUT2D eigenvalue weighted by molar-refractivity contribution is 7.89. The van der Waals surface area contributed by atoms with Crippen molar-refractivity contribution < 1.29 is 27.5 Å². The lowest BCUT2D eigenvalue weighted by Crippen LogP contribution is -2.50. The first-order valence-electron chi connectivity index (χ1n) is 9.96. The molecule has 2 heterocycles. The van der Waals surface area contributed by atoms with Crippen LogP contribution in [0.25, 0.3) is 0 Å². The van der Waals surface area contributed by atoms with Crippen LogP contribution in [-0.4, -0.2) is 68.8 Å². The predicted molar refractivity (Wildman–Crippen MR) is 118 cm³/mol. The van der Waals surface area contributed by atoms with E-state index in [9.17, 15) is 18.0 Å². The van der Waals surface area contributed by atoms with Gasteiger partial charge in [-0.05, 0) is 25.1 Å². The van der Waals surface area contributed by atoms with Gasteiger partial charge in [0.25, 0.3) is 11.8 Å². The minimum Gasteiger partial charge on any atom is -0.496 e. The van der Waals surface area contributed by atoms with Crippen LogP contribution in [0.1, 0.15) is 17.3 Å². The van der Waals surface area contributed by atoms with Gasteiger partial charge in [-0.15, -0.1) is 0 Å². The number of anilines is 1. The first-order chi connectivity index (χ1) is 15.2. The Morgan fingerprint density at radius 1 is 1.19 bits per heavy atom. The summed E-state index contributed by atoms with van der Waals surface area (Å²) in [5, 5.41) is 2.62. The molecule has 1 saturated heterocycles. The zero-order valence-electron chi connectivity index (χ0n) is 17.5. The molecule has 9 nitrogen and oxygen atoms in total. The van der Waals surface area contributed by atoms with Gasteiger partial charge in [-0.1, -0.05) is 23.7 Å². The van der Waals surface area contributed by atoms with E-state index in [-0.39, 0.29) is 53.7 Å². The Hall–Kier alpha value is -2.82. The first-order valence-corrected chi connectivity index (χ1v) is 11.8. The molecule has 2 aliphatic heterocycles. The highest BCUT2D eigenvalue weighted by atomic mass is 35.5. The molecule has 1 unspecified atom stereocenters. The van der Waals surface area contributed by atoms with Crippen molar-refractivity contribution in [3.05, 3.63) is 47.0 Å². The lowest BCUT2D eigenvalue weighted by molar-refractivity contribution is -0.122. The molecule has 0 saturated carbocycles. The second-order valence-corrected chi connectivity index (χ2v) is 9.74. The highest BCUT2D eigenvalue weighted by Gasteiger charge is 2.34. The largest absolute Gasteiger partial charge is 0.496 e. The van der Waals surface area contributed by atoms with E-state index in [1.807, 2.05) is 0 Å². The maximum absolute atomic E-state index is 13.3. The second-order valence-electron chi connectivity index (χ2n) is 7.42. The molecule has 170 valence electrons. The summed E-state index contributed by atoms with van der Waals surface area (Å²) < 4.78 is 38.6. The maximum atomic E-state index is 13.3. The lowest BCUT2D eigenvalue weighted by Gasteiger charge is -2.34. The second kappa shape index (κ2) is 8.61. The van der Waals surface area contributed by atoms with Gasteiger partial charge in [-0.25, -0.2) is 8.42 Å². The number of halogens is 1. The van der Waals surface area contributed by atoms with Gasteiger partial charge in [0.15, 0.2) is 6.10 Å². The molecule has 2 aromatic carbocycles. The summed E-state index contributed by atoms with van der Waals surface area (Å²) in [6, 6.07) is 9.61. The quantitative estimate of drug-likeness (QED) is 0.720. The molecule has 2 aliphatic rings. The molecule has 1 fully saturated rings. The number of carbonyl (C=O) groups is 2. The number of sulfonamides is 1. The fourth-order valence-electron chi connectivity index (χ4n) is 3.67. The minimum absolute atomic E-state index is 0.0188. The van der Waals surface area contributed by atoms with E-state index in [4.69, 9.17) is 21.1 Å². The standard InChI is InChI=1S/C21H22ClN3O6S/c1-13-20(26)23-16-11-15(22)19(12-18(16)31-13)32(28,29)25-9-7-24(8-10-25)21(27)14-5-3-4-6-17(14)30-2/h3-6,11-13H,7-10H2,1-2H3,(H,23,26). The van der Waals surface area contributed by atoms with Crippen LogP contribution in [0.3, 0.4) is 0 Å². The molecule has 2 amide bonds. The van der Waals surface area contributed by atoms with Gasteiger partial charge in [0, 0.05) is 32.2 Å². The summed E-state index contributed by atoms with van der Waals surface area (Å²) in [4.78, 5) is 26.2. The molecule has 0 radical (unpaired) electrons. The minimum atomic E-state index is -3.94. The van der Waals surface area contributed by atoms with Crippen molar-refractivity contribution in [1.29, 1.82) is 0 Å². The van der Waals surface area contributed by atoms with Crippen LogP contribution in [-0.2, 0) is 14.8 Å². The van der Waals surface area contributed by atoms with Crippen LogP contribution in [0, 0.1) is 0 Å². The smallest absolute Gasteiger partial charge is 0.265 e. The number of carbonyl (C=O) groups excluding carboxylic acids is 2. The van der Waals surface area contributed by atoms with Crippen molar-refractivity contribution in [2.24, 2.45) is 0 Å². The number of fused-ring (bicyclic) bond motifs is 1. The van der Waals surface area contributed by atoms with Crippen molar-refractivity contribution >= 4 is 39.1 Å². The third-order valence-corrected chi connectivity index (χ3v) is 7.81. The highest BCUT2D eigenvalue weighted by Crippen LogP contribution is 2.38. The normalized spacial score (nSPS) is 19.0. The van der Waals surface area contributed by atoms with E-state index in [0.29, 0.717) is 17.0 Å². The number of para-hydroxylation sites is 1. The molecule has 11 heteroatoms. The average molecular weight is 480 g/mol. The monoisotopic (exact) mass is 479 g/mol. The Morgan fingerprint density at radius 3 is 2.56 bits per heavy atom. The molecule has 0 spiro atoms. The van der Waals surface area contributed by atoms with E-state index < -0.39 is 16.1 Å². The van der Waals surface area contributed by atoms with Crippen LogP contribution in [0.5, 0.6) is 11.5 Å². The van der Waals surface area contributed by atoms with Crippen molar-refractivity contribution in [1.82, 2.24) is 9.21 Å². The molecule has 1 N–H and O–H groups in total. The number of methoxy groups -OCH3 is 1. The Kier molecular flexibility index (Phi) is 6.02. The number of nitrogens with zero attached hydrogens (tertiary/aromatic N) is 2. The summed E-state index contributed by atoms with van der Waals surface area (Å²) in [5.41, 5.74) is 0.752. The van der Waals surface area contributed by atoms with E-state index in [1.54, 1.807) is 36.1 Å². The molecule has 4 rings (SSSR count). The Bertz CT molecular complexity index is 1180. The van der Waals surface area contributed by atoms with E-state index >= 15 is 0 Å². The van der Waals surface area contributed by atoms with E-state index in [2.05, 4.69) is 5.32 Å². The Balaban J connectivity index is 1.52. The van der Waals surface area contributed by atoms with Gasteiger partial charge >= 0.3 is 0 Å². The summed E-state index contributed by atoms with van der Waals surface area (Å²) in [6.07, 6.45) is -0.747. The van der Waals surface area contributed by atoms with Crippen LogP contribution in [0.15, 0.2) is 41.3 Å². The van der Waals surface area contributed by atoms with E-state index in [1.165, 1.54) is 23.5 Å². The van der Waals surface area contributed by atoms with Crippen molar-refractivity contribution in [2.45, 2.75) is 17.9 Å². The average Bonchev–Trinajstić information content (AvgIpc) is 2.79. The zero-order valence-corrected chi connectivity index (χ0v) is 19.1. The van der Waals surface area contributed by atoms with E-state index in [0.717, 1.165) is 0 Å². The number of hydrogen-bond donors (Lipinski definition) is 1. The molecular formula is C21H22ClN3O6S. The topological polar surface area (TPSA) is 105 Å². The predicted octanol–water partition coefficient (Wildman–Crippen LogP) is 2.21. The summed E-state index contributed by atoms with van der Waals surface area (Å²) in [5.74, 6) is 0.157. The fourth-order valence-corrected chi connectivity index (χ4v) is 5.61. The SMILES string of the molecule is COc1ccccc1C(=O)N1CCN(S(=O)(=O)c2cc3c(cc2Cl)NC(=O)C(C)O3)CC1. The van der Waals surface area contributed by atoms with Gasteiger partial charge in [0.1, 0.15) is 16.4 Å².